The molecule has 116 valence electrons. The Bertz CT molecular complexity index is 992. The summed E-state index contributed by atoms with van der Waals surface area (Å²) in [5.74, 6) is 0. The summed E-state index contributed by atoms with van der Waals surface area (Å²) in [5.41, 5.74) is 8.92. The zero-order valence-electron chi connectivity index (χ0n) is 14.1. The molecule has 2 nitrogen and oxygen atoms in total. The van der Waals surface area contributed by atoms with Gasteiger partial charge >= 0.3 is 0 Å². The molecule has 3 aromatic rings. The van der Waals surface area contributed by atoms with Crippen molar-refractivity contribution >= 4 is 0 Å². The van der Waals surface area contributed by atoms with Crippen LogP contribution in [0.5, 0.6) is 0 Å². The van der Waals surface area contributed by atoms with Gasteiger partial charge in [0, 0.05) is 17.2 Å². The van der Waals surface area contributed by atoms with E-state index in [2.05, 4.69) is 62.2 Å². The molecule has 0 bridgehead atoms. The van der Waals surface area contributed by atoms with Gasteiger partial charge in [-0.3, -0.25) is 4.98 Å². The van der Waals surface area contributed by atoms with Crippen molar-refractivity contribution < 1.29 is 0 Å². The van der Waals surface area contributed by atoms with Crippen LogP contribution in [0.25, 0.3) is 22.4 Å². The molecule has 1 aliphatic carbocycles. The summed E-state index contributed by atoms with van der Waals surface area (Å²) in [4.78, 5) is 4.56. The highest BCUT2D eigenvalue weighted by atomic mass is 14.7. The van der Waals surface area contributed by atoms with E-state index in [1.54, 1.807) is 0 Å². The van der Waals surface area contributed by atoms with E-state index in [1.807, 2.05) is 24.4 Å². The van der Waals surface area contributed by atoms with Gasteiger partial charge in [-0.15, -0.1) is 0 Å². The molecule has 0 saturated heterocycles. The lowest BCUT2D eigenvalue weighted by Gasteiger charge is -2.26. The molecule has 1 aliphatic rings. The molecule has 4 rings (SSSR count). The molecular weight excluding hydrogens is 292 g/mol. The second-order valence-electron chi connectivity index (χ2n) is 6.84. The summed E-state index contributed by atoms with van der Waals surface area (Å²) in [7, 11) is 0. The normalized spacial score (nSPS) is 13.9. The summed E-state index contributed by atoms with van der Waals surface area (Å²) in [6, 6.07) is 18.8. The fourth-order valence-corrected chi connectivity index (χ4v) is 4.17. The summed E-state index contributed by atoms with van der Waals surface area (Å²) in [6.07, 6.45) is 1.84. The van der Waals surface area contributed by atoms with E-state index < -0.39 is 0 Å². The summed E-state index contributed by atoms with van der Waals surface area (Å²) < 4.78 is 0. The molecule has 0 spiro atoms. The van der Waals surface area contributed by atoms with Crippen LogP contribution in [0.15, 0.2) is 54.7 Å². The number of aromatic nitrogens is 1. The van der Waals surface area contributed by atoms with Crippen molar-refractivity contribution in [3.05, 3.63) is 77.0 Å². The molecule has 2 aromatic carbocycles. The van der Waals surface area contributed by atoms with Gasteiger partial charge in [0.25, 0.3) is 0 Å². The van der Waals surface area contributed by atoms with Crippen molar-refractivity contribution in [2.45, 2.75) is 26.2 Å². The summed E-state index contributed by atoms with van der Waals surface area (Å²) in [5, 5.41) is 9.41. The Morgan fingerprint density at radius 3 is 2.33 bits per heavy atom. The lowest BCUT2D eigenvalue weighted by molar-refractivity contribution is 0.656. The van der Waals surface area contributed by atoms with Gasteiger partial charge in [-0.1, -0.05) is 44.2 Å². The molecule has 0 fully saturated rings. The predicted octanol–water partition coefficient (Wildman–Crippen LogP) is 5.24. The molecule has 1 aromatic heterocycles. The number of hydrogen-bond donors (Lipinski definition) is 0. The number of nitriles is 1. The molecule has 0 aliphatic heterocycles. The van der Waals surface area contributed by atoms with Crippen LogP contribution in [0.1, 0.15) is 36.1 Å². The number of rotatable bonds is 1. The van der Waals surface area contributed by atoms with E-state index in [1.165, 1.54) is 27.8 Å². The summed E-state index contributed by atoms with van der Waals surface area (Å²) >= 11 is 0. The van der Waals surface area contributed by atoms with Gasteiger partial charge in [0.2, 0.25) is 0 Å². The molecule has 0 radical (unpaired) electrons. The maximum absolute atomic E-state index is 9.41. The smallest absolute Gasteiger partial charge is 0.0994 e. The van der Waals surface area contributed by atoms with Crippen molar-refractivity contribution in [1.29, 1.82) is 5.26 Å². The zero-order valence-corrected chi connectivity index (χ0v) is 14.1. The van der Waals surface area contributed by atoms with Crippen LogP contribution >= 0.6 is 0 Å². The Morgan fingerprint density at radius 1 is 0.875 bits per heavy atom. The van der Waals surface area contributed by atoms with Gasteiger partial charge in [0.15, 0.2) is 0 Å². The van der Waals surface area contributed by atoms with Gasteiger partial charge in [0.05, 0.1) is 17.3 Å². The van der Waals surface area contributed by atoms with E-state index in [4.69, 9.17) is 0 Å². The third-order valence-corrected chi connectivity index (χ3v) is 5.13. The van der Waals surface area contributed by atoms with Gasteiger partial charge in [-0.05, 0) is 52.9 Å². The molecule has 2 heteroatoms. The number of nitrogens with zero attached hydrogens (tertiary/aromatic N) is 2. The third-order valence-electron chi connectivity index (χ3n) is 5.13. The Balaban J connectivity index is 2.07. The van der Waals surface area contributed by atoms with Crippen molar-refractivity contribution in [1.82, 2.24) is 4.98 Å². The first kappa shape index (κ1) is 14.7. The van der Waals surface area contributed by atoms with Crippen LogP contribution in [0.3, 0.4) is 0 Å². The maximum Gasteiger partial charge on any atom is 0.0994 e. The fraction of sp³-hybridized carbons (Fsp3) is 0.182. The van der Waals surface area contributed by atoms with Gasteiger partial charge < -0.3 is 0 Å². The number of hydrogen-bond acceptors (Lipinski definition) is 2. The monoisotopic (exact) mass is 310 g/mol. The highest BCUT2D eigenvalue weighted by molar-refractivity contribution is 5.88. The first-order chi connectivity index (χ1) is 11.6. The lowest BCUT2D eigenvalue weighted by Crippen LogP contribution is -2.18. The highest BCUT2D eigenvalue weighted by Crippen LogP contribution is 2.53. The molecule has 0 amide bonds. The van der Waals surface area contributed by atoms with Crippen molar-refractivity contribution in [3.63, 3.8) is 0 Å². The number of benzene rings is 2. The molecule has 0 saturated carbocycles. The molecule has 24 heavy (non-hydrogen) atoms. The van der Waals surface area contributed by atoms with E-state index in [-0.39, 0.29) is 5.41 Å². The second kappa shape index (κ2) is 5.04. The van der Waals surface area contributed by atoms with Gasteiger partial charge in [-0.25, -0.2) is 0 Å². The van der Waals surface area contributed by atoms with Crippen LogP contribution in [0.4, 0.5) is 0 Å². The van der Waals surface area contributed by atoms with Crippen molar-refractivity contribution in [2.24, 2.45) is 0 Å². The van der Waals surface area contributed by atoms with Crippen LogP contribution in [-0.4, -0.2) is 4.98 Å². The Morgan fingerprint density at radius 2 is 1.62 bits per heavy atom. The first-order valence-electron chi connectivity index (χ1n) is 8.15. The molecule has 0 unspecified atom stereocenters. The van der Waals surface area contributed by atoms with E-state index in [0.29, 0.717) is 0 Å². The quantitative estimate of drug-likeness (QED) is 0.616. The fourth-order valence-electron chi connectivity index (χ4n) is 4.17. The average molecular weight is 310 g/mol. The summed E-state index contributed by atoms with van der Waals surface area (Å²) in [6.45, 7) is 6.56. The van der Waals surface area contributed by atoms with Gasteiger partial charge in [-0.2, -0.15) is 5.26 Å². The lowest BCUT2D eigenvalue weighted by atomic mass is 9.77. The largest absolute Gasteiger partial charge is 0.256 e. The molecular formula is C22H18N2. The SMILES string of the molecule is Cc1c(C#N)ccc2c1C(C)(C)c1c(-c3ccccn3)cccc1-2. The Labute approximate surface area is 142 Å². The standard InChI is InChI=1S/C22H18N2/c1-14-15(13-23)10-11-17-16-7-6-8-18(19-9-4-5-12-24-19)21(16)22(2,3)20(14)17/h4-12H,1-3H3. The van der Waals surface area contributed by atoms with Gasteiger partial charge in [0.1, 0.15) is 0 Å². The number of fused-ring (bicyclic) bond motifs is 3. The van der Waals surface area contributed by atoms with Crippen LogP contribution in [0, 0.1) is 18.3 Å². The molecule has 0 N–H and O–H groups in total. The molecule has 0 atom stereocenters. The minimum absolute atomic E-state index is 0.157. The highest BCUT2D eigenvalue weighted by Gasteiger charge is 2.39. The predicted molar refractivity (Wildman–Crippen MR) is 96.7 cm³/mol. The zero-order chi connectivity index (χ0) is 16.9. The van der Waals surface area contributed by atoms with Crippen LogP contribution in [0.2, 0.25) is 0 Å². The van der Waals surface area contributed by atoms with Crippen molar-refractivity contribution in [3.8, 4) is 28.5 Å². The van der Waals surface area contributed by atoms with Crippen LogP contribution < -0.4 is 0 Å². The maximum atomic E-state index is 9.41. The van der Waals surface area contributed by atoms with E-state index in [0.717, 1.165) is 16.8 Å². The Hall–Kier alpha value is -2.92. The minimum atomic E-state index is -0.157. The van der Waals surface area contributed by atoms with Crippen LogP contribution in [-0.2, 0) is 5.41 Å². The second-order valence-corrected chi connectivity index (χ2v) is 6.84. The van der Waals surface area contributed by atoms with E-state index >= 15 is 0 Å². The Kier molecular flexibility index (Phi) is 3.08. The first-order valence-corrected chi connectivity index (χ1v) is 8.15. The van der Waals surface area contributed by atoms with Crippen molar-refractivity contribution in [2.75, 3.05) is 0 Å². The average Bonchev–Trinajstić information content (AvgIpc) is 2.84. The number of pyridine rings is 1. The van der Waals surface area contributed by atoms with E-state index in [9.17, 15) is 5.26 Å². The minimum Gasteiger partial charge on any atom is -0.256 e. The molecule has 1 heterocycles. The topological polar surface area (TPSA) is 36.7 Å². The third kappa shape index (κ3) is 1.85.